The van der Waals surface area contributed by atoms with Crippen LogP contribution in [-0.4, -0.2) is 68.2 Å². The number of nitrogens with one attached hydrogen (secondary N) is 2. The molecule has 10 nitrogen and oxygen atoms in total. The molecule has 2 amide bonds. The van der Waals surface area contributed by atoms with E-state index in [-0.39, 0.29) is 29.3 Å². The molecule has 3 N–H and O–H groups in total. The minimum absolute atomic E-state index is 0.0488. The number of nitrogens with zero attached hydrogens (tertiary/aromatic N) is 4. The van der Waals surface area contributed by atoms with Gasteiger partial charge in [0.25, 0.3) is 11.5 Å². The highest BCUT2D eigenvalue weighted by Gasteiger charge is 2.29. The second kappa shape index (κ2) is 8.54. The van der Waals surface area contributed by atoms with E-state index in [4.69, 9.17) is 0 Å². The van der Waals surface area contributed by atoms with Crippen LogP contribution in [0, 0.1) is 5.92 Å². The Morgan fingerprint density at radius 3 is 2.68 bits per heavy atom. The molecule has 0 aromatic carbocycles. The summed E-state index contributed by atoms with van der Waals surface area (Å²) in [6.45, 7) is 7.09. The van der Waals surface area contributed by atoms with Crippen LogP contribution < -0.4 is 16.2 Å². The summed E-state index contributed by atoms with van der Waals surface area (Å²) in [4.78, 5) is 39.8. The van der Waals surface area contributed by atoms with Gasteiger partial charge in [-0.3, -0.25) is 19.0 Å². The van der Waals surface area contributed by atoms with Crippen molar-refractivity contribution < 1.29 is 14.7 Å². The molecular formula is C21H28N6O4. The zero-order valence-corrected chi connectivity index (χ0v) is 17.8. The first-order valence-corrected chi connectivity index (χ1v) is 10.7. The SMILES string of the molecule is CC(C)Cn1c(O)c(C(=O)NC2CC2)c(=O)n2ncc(C=CC(=O)N3CCNCC3)c12. The van der Waals surface area contributed by atoms with Crippen molar-refractivity contribution in [1.29, 1.82) is 0 Å². The fourth-order valence-electron chi connectivity index (χ4n) is 3.70. The van der Waals surface area contributed by atoms with Gasteiger partial charge in [-0.25, -0.2) is 0 Å². The van der Waals surface area contributed by atoms with Gasteiger partial charge in [0, 0.05) is 50.4 Å². The van der Waals surface area contributed by atoms with Crippen LogP contribution in [0.15, 0.2) is 17.1 Å². The molecule has 0 bridgehead atoms. The van der Waals surface area contributed by atoms with Gasteiger partial charge in [-0.15, -0.1) is 0 Å². The molecule has 1 aliphatic carbocycles. The fraction of sp³-hybridized carbons (Fsp3) is 0.524. The second-order valence-corrected chi connectivity index (χ2v) is 8.50. The van der Waals surface area contributed by atoms with Gasteiger partial charge < -0.3 is 20.6 Å². The third kappa shape index (κ3) is 4.34. The number of hydrogen-bond acceptors (Lipinski definition) is 6. The van der Waals surface area contributed by atoms with Crippen LogP contribution in [0.1, 0.15) is 42.6 Å². The van der Waals surface area contributed by atoms with Crippen LogP contribution in [0.2, 0.25) is 0 Å². The van der Waals surface area contributed by atoms with Crippen molar-refractivity contribution in [2.75, 3.05) is 26.2 Å². The monoisotopic (exact) mass is 428 g/mol. The number of aromatic hydroxyl groups is 1. The van der Waals surface area contributed by atoms with E-state index in [0.29, 0.717) is 30.8 Å². The van der Waals surface area contributed by atoms with E-state index in [1.54, 1.807) is 11.0 Å². The summed E-state index contributed by atoms with van der Waals surface area (Å²) in [5.41, 5.74) is -0.122. The molecule has 10 heteroatoms. The van der Waals surface area contributed by atoms with Crippen LogP contribution in [-0.2, 0) is 11.3 Å². The molecule has 1 saturated heterocycles. The van der Waals surface area contributed by atoms with Crippen molar-refractivity contribution in [3.8, 4) is 5.88 Å². The molecule has 2 aromatic rings. The van der Waals surface area contributed by atoms with Gasteiger partial charge in [0.15, 0.2) is 5.56 Å². The van der Waals surface area contributed by atoms with E-state index >= 15 is 0 Å². The molecular weight excluding hydrogens is 400 g/mol. The zero-order valence-electron chi connectivity index (χ0n) is 17.8. The Kier molecular flexibility index (Phi) is 5.81. The largest absolute Gasteiger partial charge is 0.494 e. The highest BCUT2D eigenvalue weighted by atomic mass is 16.3. The molecule has 0 spiro atoms. The van der Waals surface area contributed by atoms with Crippen molar-refractivity contribution in [3.05, 3.63) is 33.8 Å². The third-order valence-corrected chi connectivity index (χ3v) is 5.43. The van der Waals surface area contributed by atoms with Crippen LogP contribution >= 0.6 is 0 Å². The second-order valence-electron chi connectivity index (χ2n) is 8.50. The predicted octanol–water partition coefficient (Wildman–Crippen LogP) is 0.195. The quantitative estimate of drug-likeness (QED) is 0.565. The first kappa shape index (κ1) is 21.1. The van der Waals surface area contributed by atoms with Crippen LogP contribution in [0.5, 0.6) is 5.88 Å². The van der Waals surface area contributed by atoms with E-state index < -0.39 is 11.5 Å². The Labute approximate surface area is 179 Å². The molecule has 3 heterocycles. The summed E-state index contributed by atoms with van der Waals surface area (Å²) >= 11 is 0. The number of rotatable bonds is 6. The average Bonchev–Trinajstić information content (AvgIpc) is 3.45. The summed E-state index contributed by atoms with van der Waals surface area (Å²) in [5, 5.41) is 21.0. The smallest absolute Gasteiger partial charge is 0.291 e. The Hall–Kier alpha value is -3.14. The lowest BCUT2D eigenvalue weighted by molar-refractivity contribution is -0.126. The molecule has 166 valence electrons. The lowest BCUT2D eigenvalue weighted by Gasteiger charge is -2.26. The normalized spacial score (nSPS) is 17.1. The van der Waals surface area contributed by atoms with E-state index in [1.807, 2.05) is 13.8 Å². The van der Waals surface area contributed by atoms with Gasteiger partial charge >= 0.3 is 0 Å². The summed E-state index contributed by atoms with van der Waals surface area (Å²) in [6.07, 6.45) is 6.26. The van der Waals surface area contributed by atoms with Crippen molar-refractivity contribution in [1.82, 2.24) is 29.7 Å². The van der Waals surface area contributed by atoms with Crippen LogP contribution in [0.25, 0.3) is 11.7 Å². The van der Waals surface area contributed by atoms with Crippen LogP contribution in [0.3, 0.4) is 0 Å². The fourth-order valence-corrected chi connectivity index (χ4v) is 3.70. The van der Waals surface area contributed by atoms with Crippen molar-refractivity contribution in [2.24, 2.45) is 5.92 Å². The Morgan fingerprint density at radius 1 is 1.32 bits per heavy atom. The molecule has 0 radical (unpaired) electrons. The predicted molar refractivity (Wildman–Crippen MR) is 115 cm³/mol. The first-order chi connectivity index (χ1) is 14.9. The van der Waals surface area contributed by atoms with Crippen LogP contribution in [0.4, 0.5) is 0 Å². The maximum Gasteiger partial charge on any atom is 0.291 e. The maximum atomic E-state index is 13.0. The minimum atomic E-state index is -0.682. The molecule has 31 heavy (non-hydrogen) atoms. The van der Waals surface area contributed by atoms with Crippen molar-refractivity contribution in [3.63, 3.8) is 0 Å². The van der Waals surface area contributed by atoms with Gasteiger partial charge in [-0.1, -0.05) is 13.8 Å². The number of aromatic nitrogens is 3. The number of piperazine rings is 1. The maximum absolute atomic E-state index is 13.0. The molecule has 2 aliphatic rings. The van der Waals surface area contributed by atoms with Gasteiger partial charge in [0.05, 0.1) is 6.20 Å². The molecule has 4 rings (SSSR count). The van der Waals surface area contributed by atoms with E-state index in [1.165, 1.54) is 16.8 Å². The highest BCUT2D eigenvalue weighted by molar-refractivity contribution is 5.97. The Bertz CT molecular complexity index is 1090. The number of amides is 2. The third-order valence-electron chi connectivity index (χ3n) is 5.43. The Balaban J connectivity index is 1.75. The van der Waals surface area contributed by atoms with E-state index in [0.717, 1.165) is 30.4 Å². The van der Waals surface area contributed by atoms with Gasteiger partial charge in [0.2, 0.25) is 11.8 Å². The highest BCUT2D eigenvalue weighted by Crippen LogP contribution is 2.24. The lowest BCUT2D eigenvalue weighted by Crippen LogP contribution is -2.45. The van der Waals surface area contributed by atoms with Gasteiger partial charge in [-0.05, 0) is 24.8 Å². The van der Waals surface area contributed by atoms with E-state index in [2.05, 4.69) is 15.7 Å². The number of carbonyl (C=O) groups excluding carboxylic acids is 2. The molecule has 1 aliphatic heterocycles. The summed E-state index contributed by atoms with van der Waals surface area (Å²) in [5.74, 6) is -0.965. The van der Waals surface area contributed by atoms with Crippen molar-refractivity contribution in [2.45, 2.75) is 39.3 Å². The molecule has 0 unspecified atom stereocenters. The Morgan fingerprint density at radius 2 is 2.03 bits per heavy atom. The van der Waals surface area contributed by atoms with Gasteiger partial charge in [0.1, 0.15) is 5.65 Å². The minimum Gasteiger partial charge on any atom is -0.494 e. The van der Waals surface area contributed by atoms with Gasteiger partial charge in [-0.2, -0.15) is 9.61 Å². The molecule has 2 aromatic heterocycles. The molecule has 0 atom stereocenters. The number of fused-ring (bicyclic) bond motifs is 1. The number of carbonyl (C=O) groups is 2. The summed E-state index contributed by atoms with van der Waals surface area (Å²) in [7, 11) is 0. The standard InChI is InChI=1S/C21H28N6O4/c1-13(2)12-26-19-14(3-6-16(28)25-9-7-22-8-10-25)11-23-27(19)21(31)17(20(26)30)18(29)24-15-4-5-15/h3,6,11,13,15,22,30H,4-5,7-10,12H2,1-2H3,(H,24,29). The molecule has 1 saturated carbocycles. The first-order valence-electron chi connectivity index (χ1n) is 10.7. The average molecular weight is 428 g/mol. The van der Waals surface area contributed by atoms with E-state index in [9.17, 15) is 19.5 Å². The summed E-state index contributed by atoms with van der Waals surface area (Å²) < 4.78 is 2.65. The molecule has 2 fully saturated rings. The topological polar surface area (TPSA) is 121 Å². The zero-order chi connectivity index (χ0) is 22.1. The number of hydrogen-bond donors (Lipinski definition) is 3. The lowest BCUT2D eigenvalue weighted by atomic mass is 10.2. The summed E-state index contributed by atoms with van der Waals surface area (Å²) in [6, 6.07) is 0.0488. The van der Waals surface area contributed by atoms with Crippen molar-refractivity contribution >= 4 is 23.5 Å².